The van der Waals surface area contributed by atoms with E-state index in [4.69, 9.17) is 9.15 Å². The zero-order valence-corrected chi connectivity index (χ0v) is 18.6. The van der Waals surface area contributed by atoms with E-state index in [9.17, 15) is 13.6 Å². The van der Waals surface area contributed by atoms with Gasteiger partial charge in [-0.05, 0) is 63.8 Å². The lowest BCUT2D eigenvalue weighted by atomic mass is 9.93. The van der Waals surface area contributed by atoms with E-state index < -0.39 is 17.5 Å². The van der Waals surface area contributed by atoms with Gasteiger partial charge < -0.3 is 14.5 Å². The van der Waals surface area contributed by atoms with Crippen LogP contribution in [0, 0.1) is 18.6 Å². The summed E-state index contributed by atoms with van der Waals surface area (Å²) in [5, 5.41) is 3.64. The van der Waals surface area contributed by atoms with Crippen LogP contribution in [-0.4, -0.2) is 12.5 Å². The van der Waals surface area contributed by atoms with Crippen LogP contribution in [0.25, 0.3) is 16.5 Å². The van der Waals surface area contributed by atoms with Crippen molar-refractivity contribution in [1.82, 2.24) is 5.32 Å². The second-order valence-corrected chi connectivity index (χ2v) is 8.14. The van der Waals surface area contributed by atoms with Gasteiger partial charge in [0.2, 0.25) is 5.91 Å². The Hall–Kier alpha value is -3.15. The first-order valence-corrected chi connectivity index (χ1v) is 11.0. The number of rotatable bonds is 6. The SMILES string of the molecule is CCOc1c(/C(C)=C/C(=O)NCc2c(F)cccc2F)cc2c3c(oc2c1C)CCCC3. The van der Waals surface area contributed by atoms with Crippen LogP contribution in [0.15, 0.2) is 34.8 Å². The van der Waals surface area contributed by atoms with Gasteiger partial charge in [0.1, 0.15) is 28.7 Å². The lowest BCUT2D eigenvalue weighted by molar-refractivity contribution is -0.116. The van der Waals surface area contributed by atoms with Gasteiger partial charge in [0.25, 0.3) is 0 Å². The van der Waals surface area contributed by atoms with Crippen LogP contribution in [0.3, 0.4) is 0 Å². The summed E-state index contributed by atoms with van der Waals surface area (Å²) < 4.78 is 39.8. The lowest BCUT2D eigenvalue weighted by Gasteiger charge is -2.15. The molecule has 1 heterocycles. The number of nitrogens with one attached hydrogen (secondary N) is 1. The summed E-state index contributed by atoms with van der Waals surface area (Å²) in [6.45, 7) is 5.97. The average molecular weight is 440 g/mol. The molecule has 168 valence electrons. The van der Waals surface area contributed by atoms with Crippen molar-refractivity contribution in [2.75, 3.05) is 6.61 Å². The van der Waals surface area contributed by atoms with Crippen LogP contribution in [0.5, 0.6) is 5.75 Å². The van der Waals surface area contributed by atoms with Gasteiger partial charge in [-0.25, -0.2) is 8.78 Å². The second kappa shape index (κ2) is 9.15. The summed E-state index contributed by atoms with van der Waals surface area (Å²) in [6, 6.07) is 5.67. The molecular formula is C26H27F2NO3. The molecular weight excluding hydrogens is 412 g/mol. The summed E-state index contributed by atoms with van der Waals surface area (Å²) in [5.41, 5.74) is 4.36. The standard InChI is InChI=1S/C26H27F2NO3/c1-4-31-25-16(3)26-19(17-8-5-6-11-23(17)32-26)13-18(25)15(2)12-24(30)29-14-20-21(27)9-7-10-22(20)28/h7,9-10,12-13H,4-6,8,11,14H2,1-3H3,(H,29,30)/b15-12+. The third-order valence-electron chi connectivity index (χ3n) is 5.99. The van der Waals surface area contributed by atoms with E-state index in [1.807, 2.05) is 26.8 Å². The van der Waals surface area contributed by atoms with Crippen molar-refractivity contribution >= 4 is 22.4 Å². The molecule has 0 bridgehead atoms. The summed E-state index contributed by atoms with van der Waals surface area (Å²) in [7, 11) is 0. The predicted molar refractivity (Wildman–Crippen MR) is 121 cm³/mol. The molecule has 0 saturated heterocycles. The molecule has 1 aromatic heterocycles. The quantitative estimate of drug-likeness (QED) is 0.478. The number of aryl methyl sites for hydroxylation is 3. The maximum Gasteiger partial charge on any atom is 0.244 e. The molecule has 1 aliphatic carbocycles. The number of furan rings is 1. The van der Waals surface area contributed by atoms with Crippen molar-refractivity contribution in [3.05, 3.63) is 70.0 Å². The van der Waals surface area contributed by atoms with E-state index in [1.165, 1.54) is 29.8 Å². The Labute approximate surface area is 186 Å². The minimum absolute atomic E-state index is 0.163. The van der Waals surface area contributed by atoms with E-state index in [-0.39, 0.29) is 12.1 Å². The van der Waals surface area contributed by atoms with Gasteiger partial charge in [-0.3, -0.25) is 4.79 Å². The Morgan fingerprint density at radius 2 is 1.94 bits per heavy atom. The molecule has 1 N–H and O–H groups in total. The highest BCUT2D eigenvalue weighted by Gasteiger charge is 2.23. The van der Waals surface area contributed by atoms with E-state index in [0.717, 1.165) is 53.5 Å². The molecule has 1 amide bonds. The highest BCUT2D eigenvalue weighted by molar-refractivity contribution is 5.98. The summed E-state index contributed by atoms with van der Waals surface area (Å²) >= 11 is 0. The predicted octanol–water partition coefficient (Wildman–Crippen LogP) is 6.02. The van der Waals surface area contributed by atoms with Gasteiger partial charge in [0.05, 0.1) is 6.61 Å². The van der Waals surface area contributed by atoms with Gasteiger partial charge in [-0.2, -0.15) is 0 Å². The largest absolute Gasteiger partial charge is 0.493 e. The molecule has 0 unspecified atom stereocenters. The minimum Gasteiger partial charge on any atom is -0.493 e. The average Bonchev–Trinajstić information content (AvgIpc) is 3.14. The first-order chi connectivity index (χ1) is 15.4. The Morgan fingerprint density at radius 1 is 1.22 bits per heavy atom. The molecule has 0 saturated carbocycles. The van der Waals surface area contributed by atoms with Crippen LogP contribution < -0.4 is 10.1 Å². The summed E-state index contributed by atoms with van der Waals surface area (Å²) in [6.07, 6.45) is 5.61. The van der Waals surface area contributed by atoms with E-state index in [2.05, 4.69) is 5.32 Å². The van der Waals surface area contributed by atoms with Crippen molar-refractivity contribution in [3.8, 4) is 5.75 Å². The number of halogens is 2. The number of ether oxygens (including phenoxy) is 1. The first-order valence-electron chi connectivity index (χ1n) is 11.0. The van der Waals surface area contributed by atoms with E-state index in [0.29, 0.717) is 17.9 Å². The van der Waals surface area contributed by atoms with Crippen LogP contribution in [0.2, 0.25) is 0 Å². The number of fused-ring (bicyclic) bond motifs is 3. The van der Waals surface area contributed by atoms with Crippen LogP contribution in [0.1, 0.15) is 54.7 Å². The zero-order chi connectivity index (χ0) is 22.8. The topological polar surface area (TPSA) is 51.5 Å². The molecule has 0 atom stereocenters. The molecule has 2 aromatic carbocycles. The third kappa shape index (κ3) is 4.14. The number of hydrogen-bond donors (Lipinski definition) is 1. The Bertz CT molecular complexity index is 1190. The number of allylic oxidation sites excluding steroid dienone is 1. The maximum absolute atomic E-state index is 13.8. The maximum atomic E-state index is 13.8. The van der Waals surface area contributed by atoms with Crippen molar-refractivity contribution in [1.29, 1.82) is 0 Å². The molecule has 1 aliphatic rings. The van der Waals surface area contributed by atoms with Crippen molar-refractivity contribution in [3.63, 3.8) is 0 Å². The molecule has 4 rings (SSSR count). The monoisotopic (exact) mass is 439 g/mol. The third-order valence-corrected chi connectivity index (χ3v) is 5.99. The molecule has 0 aliphatic heterocycles. The second-order valence-electron chi connectivity index (χ2n) is 8.14. The number of hydrogen-bond acceptors (Lipinski definition) is 3. The number of benzene rings is 2. The van der Waals surface area contributed by atoms with Gasteiger partial charge >= 0.3 is 0 Å². The van der Waals surface area contributed by atoms with Crippen molar-refractivity contribution in [2.45, 2.75) is 53.0 Å². The highest BCUT2D eigenvalue weighted by Crippen LogP contribution is 2.41. The molecule has 0 radical (unpaired) electrons. The van der Waals surface area contributed by atoms with E-state index >= 15 is 0 Å². The first kappa shape index (κ1) is 22.1. The molecule has 0 fully saturated rings. The van der Waals surface area contributed by atoms with Crippen molar-refractivity contribution in [2.24, 2.45) is 0 Å². The van der Waals surface area contributed by atoms with Gasteiger partial charge in [0.15, 0.2) is 0 Å². The number of amides is 1. The number of carbonyl (C=O) groups excluding carboxylic acids is 1. The number of carbonyl (C=O) groups is 1. The fourth-order valence-corrected chi connectivity index (χ4v) is 4.36. The normalized spacial score (nSPS) is 13.8. The molecule has 4 nitrogen and oxygen atoms in total. The fraction of sp³-hybridized carbons (Fsp3) is 0.346. The minimum atomic E-state index is -0.685. The molecule has 0 spiro atoms. The van der Waals surface area contributed by atoms with E-state index in [1.54, 1.807) is 0 Å². The van der Waals surface area contributed by atoms with Crippen LogP contribution in [-0.2, 0) is 24.2 Å². The molecule has 3 aromatic rings. The van der Waals surface area contributed by atoms with Gasteiger partial charge in [-0.1, -0.05) is 6.07 Å². The Morgan fingerprint density at radius 3 is 2.66 bits per heavy atom. The zero-order valence-electron chi connectivity index (χ0n) is 18.6. The highest BCUT2D eigenvalue weighted by atomic mass is 19.1. The van der Waals surface area contributed by atoms with Crippen molar-refractivity contribution < 1.29 is 22.7 Å². The van der Waals surface area contributed by atoms with Crippen LogP contribution >= 0.6 is 0 Å². The molecule has 6 heteroatoms. The van der Waals surface area contributed by atoms with Gasteiger partial charge in [-0.15, -0.1) is 0 Å². The Balaban J connectivity index is 1.67. The summed E-state index contributed by atoms with van der Waals surface area (Å²) in [4.78, 5) is 12.5. The Kier molecular flexibility index (Phi) is 6.31. The molecule has 32 heavy (non-hydrogen) atoms. The fourth-order valence-electron chi connectivity index (χ4n) is 4.36. The van der Waals surface area contributed by atoms with Crippen LogP contribution in [0.4, 0.5) is 8.78 Å². The van der Waals surface area contributed by atoms with Gasteiger partial charge in [0, 0.05) is 46.7 Å². The lowest BCUT2D eigenvalue weighted by Crippen LogP contribution is -2.22. The summed E-state index contributed by atoms with van der Waals surface area (Å²) in [5.74, 6) is -0.0708. The smallest absolute Gasteiger partial charge is 0.244 e.